The van der Waals surface area contributed by atoms with Gasteiger partial charge in [-0.05, 0) is 0 Å². The molecule has 0 aromatic heterocycles. The number of carboxylic acid groups (broad SMARTS) is 1. The Morgan fingerprint density at radius 1 is 1.06 bits per heavy atom. The molecule has 0 heterocycles. The summed E-state index contributed by atoms with van der Waals surface area (Å²) in [4.78, 5) is 23.0. The van der Waals surface area contributed by atoms with Crippen LogP contribution in [0, 0.1) is 0 Å². The van der Waals surface area contributed by atoms with Gasteiger partial charge >= 0.3 is 5.97 Å². The lowest BCUT2D eigenvalue weighted by molar-refractivity contribution is -0.131. The van der Waals surface area contributed by atoms with E-state index in [0.29, 0.717) is 26.2 Å². The first kappa shape index (κ1) is 15.6. The van der Waals surface area contributed by atoms with Crippen molar-refractivity contribution in [1.29, 1.82) is 0 Å². The molecule has 17 heavy (non-hydrogen) atoms. The number of carbonyl (C=O) groups excluding carboxylic acids is 1. The predicted molar refractivity (Wildman–Crippen MR) is 60.4 cm³/mol. The monoisotopic (exact) mass is 246 g/mol. The van der Waals surface area contributed by atoms with Crippen LogP contribution in [-0.4, -0.2) is 71.5 Å². The van der Waals surface area contributed by atoms with Crippen LogP contribution in [0.1, 0.15) is 0 Å². The molecule has 0 aliphatic carbocycles. The molecule has 7 heteroatoms. The summed E-state index contributed by atoms with van der Waals surface area (Å²) < 4.78 is 0. The summed E-state index contributed by atoms with van der Waals surface area (Å²) in [6, 6.07) is 0. The highest BCUT2D eigenvalue weighted by atomic mass is 16.4. The number of rotatable bonds is 9. The standard InChI is InChI=1S/C10H18N2O5/c13-7-5-12(6-8-14)4-3-11-9(15)1-2-10(16)17/h1-2,13-14H,3-8H2,(H,11,15)(H,16,17)/b2-1-. The maximum absolute atomic E-state index is 11.1. The third-order valence-electron chi connectivity index (χ3n) is 1.94. The van der Waals surface area contributed by atoms with Crippen molar-refractivity contribution in [2.45, 2.75) is 0 Å². The molecule has 0 aliphatic heterocycles. The van der Waals surface area contributed by atoms with Crippen molar-refractivity contribution in [3.8, 4) is 0 Å². The van der Waals surface area contributed by atoms with Crippen molar-refractivity contribution in [3.63, 3.8) is 0 Å². The van der Waals surface area contributed by atoms with Gasteiger partial charge in [0.05, 0.1) is 13.2 Å². The molecule has 0 bridgehead atoms. The number of carbonyl (C=O) groups is 2. The van der Waals surface area contributed by atoms with Crippen LogP contribution in [0.15, 0.2) is 12.2 Å². The molecule has 0 atom stereocenters. The summed E-state index contributed by atoms with van der Waals surface area (Å²) >= 11 is 0. The smallest absolute Gasteiger partial charge is 0.328 e. The summed E-state index contributed by atoms with van der Waals surface area (Å²) in [7, 11) is 0. The Morgan fingerprint density at radius 2 is 1.65 bits per heavy atom. The SMILES string of the molecule is O=C(O)/C=C\C(=O)NCCN(CCO)CCO. The average molecular weight is 246 g/mol. The predicted octanol–water partition coefficient (Wildman–Crippen LogP) is -1.97. The molecule has 4 N–H and O–H groups in total. The van der Waals surface area contributed by atoms with Gasteiger partial charge in [0.1, 0.15) is 0 Å². The van der Waals surface area contributed by atoms with Gasteiger partial charge in [0.25, 0.3) is 0 Å². The number of aliphatic hydroxyl groups is 2. The van der Waals surface area contributed by atoms with E-state index in [-0.39, 0.29) is 13.2 Å². The van der Waals surface area contributed by atoms with Gasteiger partial charge < -0.3 is 20.6 Å². The highest BCUT2D eigenvalue weighted by molar-refractivity contribution is 5.93. The number of carboxylic acids is 1. The maximum Gasteiger partial charge on any atom is 0.328 e. The van der Waals surface area contributed by atoms with Gasteiger partial charge in [-0.15, -0.1) is 0 Å². The van der Waals surface area contributed by atoms with Crippen LogP contribution in [0.5, 0.6) is 0 Å². The molecule has 0 spiro atoms. The summed E-state index contributed by atoms with van der Waals surface area (Å²) in [5.74, 6) is -1.66. The van der Waals surface area contributed by atoms with Crippen LogP contribution in [0.25, 0.3) is 0 Å². The van der Waals surface area contributed by atoms with E-state index in [1.165, 1.54) is 0 Å². The highest BCUT2D eigenvalue weighted by Crippen LogP contribution is 1.85. The molecule has 98 valence electrons. The molecule has 0 saturated heterocycles. The van der Waals surface area contributed by atoms with Crippen molar-refractivity contribution in [1.82, 2.24) is 10.2 Å². The first-order chi connectivity index (χ1) is 8.10. The Hall–Kier alpha value is -1.44. The summed E-state index contributed by atoms with van der Waals surface area (Å²) in [5.41, 5.74) is 0. The van der Waals surface area contributed by atoms with Crippen LogP contribution in [0.3, 0.4) is 0 Å². The van der Waals surface area contributed by atoms with Gasteiger partial charge in [0.15, 0.2) is 0 Å². The molecule has 0 fully saturated rings. The Morgan fingerprint density at radius 3 is 2.12 bits per heavy atom. The second-order valence-corrected chi connectivity index (χ2v) is 3.25. The molecule has 7 nitrogen and oxygen atoms in total. The van der Waals surface area contributed by atoms with E-state index >= 15 is 0 Å². The zero-order valence-electron chi connectivity index (χ0n) is 9.50. The van der Waals surface area contributed by atoms with Crippen molar-refractivity contribution in [2.75, 3.05) is 39.4 Å². The van der Waals surface area contributed by atoms with E-state index in [9.17, 15) is 9.59 Å². The second kappa shape index (κ2) is 9.76. The molecule has 0 radical (unpaired) electrons. The van der Waals surface area contributed by atoms with Crippen LogP contribution in [-0.2, 0) is 9.59 Å². The molecule has 0 aromatic rings. The minimum absolute atomic E-state index is 0.0210. The van der Waals surface area contributed by atoms with Gasteiger partial charge in [0, 0.05) is 38.3 Å². The minimum Gasteiger partial charge on any atom is -0.478 e. The number of aliphatic hydroxyl groups excluding tert-OH is 2. The van der Waals surface area contributed by atoms with Gasteiger partial charge in [-0.1, -0.05) is 0 Å². The van der Waals surface area contributed by atoms with Crippen molar-refractivity contribution in [2.24, 2.45) is 0 Å². The zero-order valence-corrected chi connectivity index (χ0v) is 9.50. The molecule has 0 unspecified atom stereocenters. The molecule has 0 saturated carbocycles. The van der Waals surface area contributed by atoms with E-state index in [4.69, 9.17) is 15.3 Å². The second-order valence-electron chi connectivity index (χ2n) is 3.25. The van der Waals surface area contributed by atoms with E-state index in [2.05, 4.69) is 5.32 Å². The van der Waals surface area contributed by atoms with E-state index in [0.717, 1.165) is 12.2 Å². The Labute approximate surface area is 99.3 Å². The van der Waals surface area contributed by atoms with Gasteiger partial charge in [-0.3, -0.25) is 9.69 Å². The number of hydrogen-bond acceptors (Lipinski definition) is 5. The van der Waals surface area contributed by atoms with E-state index < -0.39 is 11.9 Å². The Bertz CT molecular complexity index is 261. The highest BCUT2D eigenvalue weighted by Gasteiger charge is 2.03. The lowest BCUT2D eigenvalue weighted by Crippen LogP contribution is -2.37. The molecular weight excluding hydrogens is 228 g/mol. The number of aliphatic carboxylic acids is 1. The number of hydrogen-bond donors (Lipinski definition) is 4. The summed E-state index contributed by atoms with van der Waals surface area (Å²) in [6.07, 6.45) is 1.69. The van der Waals surface area contributed by atoms with Gasteiger partial charge in [-0.2, -0.15) is 0 Å². The maximum atomic E-state index is 11.1. The minimum atomic E-state index is -1.18. The van der Waals surface area contributed by atoms with Gasteiger partial charge in [-0.25, -0.2) is 4.79 Å². The molecule has 1 amide bonds. The van der Waals surface area contributed by atoms with E-state index in [1.54, 1.807) is 4.90 Å². The largest absolute Gasteiger partial charge is 0.478 e. The average Bonchev–Trinajstić information content (AvgIpc) is 2.27. The lowest BCUT2D eigenvalue weighted by atomic mass is 10.4. The quantitative estimate of drug-likeness (QED) is 0.351. The Balaban J connectivity index is 3.79. The fourth-order valence-electron chi connectivity index (χ4n) is 1.16. The number of nitrogens with zero attached hydrogens (tertiary/aromatic N) is 1. The van der Waals surface area contributed by atoms with E-state index in [1.807, 2.05) is 0 Å². The molecule has 0 rings (SSSR count). The van der Waals surface area contributed by atoms with Crippen LogP contribution in [0.2, 0.25) is 0 Å². The molecular formula is C10H18N2O5. The fraction of sp³-hybridized carbons (Fsp3) is 0.600. The van der Waals surface area contributed by atoms with Crippen molar-refractivity contribution >= 4 is 11.9 Å². The third-order valence-corrected chi connectivity index (χ3v) is 1.94. The van der Waals surface area contributed by atoms with Crippen molar-refractivity contribution < 1.29 is 24.9 Å². The normalized spacial score (nSPS) is 11.0. The first-order valence-electron chi connectivity index (χ1n) is 5.23. The summed E-state index contributed by atoms with van der Waals surface area (Å²) in [5, 5.41) is 28.2. The summed E-state index contributed by atoms with van der Waals surface area (Å²) in [6.45, 7) is 1.60. The van der Waals surface area contributed by atoms with Crippen molar-refractivity contribution in [3.05, 3.63) is 12.2 Å². The molecule has 0 aromatic carbocycles. The fourth-order valence-corrected chi connectivity index (χ4v) is 1.16. The topological polar surface area (TPSA) is 110 Å². The lowest BCUT2D eigenvalue weighted by Gasteiger charge is -2.19. The third kappa shape index (κ3) is 9.49. The van der Waals surface area contributed by atoms with Gasteiger partial charge in [0.2, 0.25) is 5.91 Å². The number of nitrogens with one attached hydrogen (secondary N) is 1. The number of amides is 1. The van der Waals surface area contributed by atoms with Crippen LogP contribution >= 0.6 is 0 Å². The van der Waals surface area contributed by atoms with Crippen LogP contribution < -0.4 is 5.32 Å². The molecule has 0 aliphatic rings. The first-order valence-corrected chi connectivity index (χ1v) is 5.23. The zero-order chi connectivity index (χ0) is 13.1. The van der Waals surface area contributed by atoms with Crippen LogP contribution in [0.4, 0.5) is 0 Å². The Kier molecular flexibility index (Phi) is 8.94.